The van der Waals surface area contributed by atoms with Gasteiger partial charge >= 0.3 is 0 Å². The Labute approximate surface area is 162 Å². The number of aromatic nitrogens is 1. The van der Waals surface area contributed by atoms with Crippen LogP contribution in [0.3, 0.4) is 0 Å². The molecule has 0 aromatic carbocycles. The number of amides is 1. The Morgan fingerprint density at radius 3 is 2.19 bits per heavy atom. The number of anilines is 1. The Morgan fingerprint density at radius 2 is 1.67 bits per heavy atom. The average Bonchev–Trinajstić information content (AvgIpc) is 3.03. The second kappa shape index (κ2) is 7.20. The number of nitrogens with one attached hydrogen (secondary N) is 1. The zero-order chi connectivity index (χ0) is 20.7. The standard InChI is InChI=1S/C19H32N2O5S/c1-17(2,3)18(4,5)14-12-15(26-21-14)20-16(22)19(6,7)27(23,24)13-8-10-25-11-9-13/h12-13H,8-11H2,1-7H3,(H,20,22). The van der Waals surface area contributed by atoms with Crippen LogP contribution in [0, 0.1) is 5.41 Å². The molecule has 1 aromatic rings. The van der Waals surface area contributed by atoms with Crippen molar-refractivity contribution in [1.29, 1.82) is 0 Å². The zero-order valence-electron chi connectivity index (χ0n) is 17.4. The molecule has 1 amide bonds. The topological polar surface area (TPSA) is 98.5 Å². The van der Waals surface area contributed by atoms with Crippen molar-refractivity contribution in [3.05, 3.63) is 11.8 Å². The largest absolute Gasteiger partial charge is 0.381 e. The summed E-state index contributed by atoms with van der Waals surface area (Å²) in [5.41, 5.74) is 0.343. The first kappa shape index (κ1) is 21.9. The smallest absolute Gasteiger partial charge is 0.247 e. The molecule has 1 fully saturated rings. The Balaban J connectivity index is 2.19. The van der Waals surface area contributed by atoms with Gasteiger partial charge < -0.3 is 9.26 Å². The molecule has 0 bridgehead atoms. The Kier molecular flexibility index (Phi) is 5.84. The van der Waals surface area contributed by atoms with E-state index in [0.717, 1.165) is 0 Å². The van der Waals surface area contributed by atoms with Gasteiger partial charge in [0.2, 0.25) is 11.8 Å². The number of nitrogens with zero attached hydrogens (tertiary/aromatic N) is 1. The second-order valence-electron chi connectivity index (χ2n) is 9.27. The summed E-state index contributed by atoms with van der Waals surface area (Å²) in [6, 6.07) is 1.67. The first-order valence-corrected chi connectivity index (χ1v) is 10.9. The minimum atomic E-state index is -3.68. The third kappa shape index (κ3) is 4.06. The van der Waals surface area contributed by atoms with Gasteiger partial charge in [-0.2, -0.15) is 0 Å². The summed E-state index contributed by atoms with van der Waals surface area (Å²) in [7, 11) is -3.68. The number of sulfone groups is 1. The van der Waals surface area contributed by atoms with E-state index in [0.29, 0.717) is 31.7 Å². The van der Waals surface area contributed by atoms with Crippen LogP contribution in [-0.4, -0.2) is 42.7 Å². The van der Waals surface area contributed by atoms with Gasteiger partial charge in [0, 0.05) is 24.7 Å². The normalized spacial score (nSPS) is 17.7. The lowest BCUT2D eigenvalue weighted by molar-refractivity contribution is -0.118. The third-order valence-electron chi connectivity index (χ3n) is 6.13. The maximum Gasteiger partial charge on any atom is 0.247 e. The van der Waals surface area contributed by atoms with E-state index in [1.54, 1.807) is 6.07 Å². The van der Waals surface area contributed by atoms with Crippen molar-refractivity contribution in [3.8, 4) is 0 Å². The number of carbonyl (C=O) groups is 1. The highest BCUT2D eigenvalue weighted by molar-refractivity contribution is 7.94. The minimum absolute atomic E-state index is 0.0726. The van der Waals surface area contributed by atoms with Crippen molar-refractivity contribution in [3.63, 3.8) is 0 Å². The van der Waals surface area contributed by atoms with Crippen LogP contribution in [0.15, 0.2) is 10.6 Å². The van der Waals surface area contributed by atoms with Crippen LogP contribution in [0.1, 0.15) is 67.0 Å². The Bertz CT molecular complexity index is 781. The van der Waals surface area contributed by atoms with Crippen molar-refractivity contribution in [2.75, 3.05) is 18.5 Å². The Morgan fingerprint density at radius 1 is 1.11 bits per heavy atom. The molecule has 0 atom stereocenters. The van der Waals surface area contributed by atoms with Gasteiger partial charge in [-0.05, 0) is 32.1 Å². The first-order valence-electron chi connectivity index (χ1n) is 9.31. The van der Waals surface area contributed by atoms with Crippen LogP contribution >= 0.6 is 0 Å². The van der Waals surface area contributed by atoms with E-state index in [-0.39, 0.29) is 16.7 Å². The molecule has 154 valence electrons. The van der Waals surface area contributed by atoms with E-state index in [4.69, 9.17) is 9.26 Å². The molecular formula is C19H32N2O5S. The number of ether oxygens (including phenoxy) is 1. The van der Waals surface area contributed by atoms with Crippen LogP contribution in [-0.2, 0) is 24.8 Å². The van der Waals surface area contributed by atoms with Gasteiger partial charge in [-0.25, -0.2) is 8.42 Å². The number of carbonyl (C=O) groups excluding carboxylic acids is 1. The molecule has 0 aliphatic carbocycles. The molecule has 1 aliphatic rings. The van der Waals surface area contributed by atoms with E-state index in [1.165, 1.54) is 13.8 Å². The van der Waals surface area contributed by atoms with Gasteiger partial charge in [0.15, 0.2) is 9.84 Å². The van der Waals surface area contributed by atoms with Crippen LogP contribution in [0.2, 0.25) is 0 Å². The van der Waals surface area contributed by atoms with E-state index < -0.39 is 25.7 Å². The van der Waals surface area contributed by atoms with Crippen molar-refractivity contribution in [2.24, 2.45) is 5.41 Å². The van der Waals surface area contributed by atoms with Crippen LogP contribution in [0.25, 0.3) is 0 Å². The highest BCUT2D eigenvalue weighted by Crippen LogP contribution is 2.41. The second-order valence-corrected chi connectivity index (χ2v) is 12.0. The number of rotatable bonds is 5. The fraction of sp³-hybridized carbons (Fsp3) is 0.789. The van der Waals surface area contributed by atoms with E-state index in [2.05, 4.69) is 45.1 Å². The van der Waals surface area contributed by atoms with Gasteiger partial charge in [-0.1, -0.05) is 39.8 Å². The van der Waals surface area contributed by atoms with Gasteiger partial charge in [-0.3, -0.25) is 10.1 Å². The summed E-state index contributed by atoms with van der Waals surface area (Å²) >= 11 is 0. The van der Waals surface area contributed by atoms with Crippen molar-refractivity contribution in [2.45, 2.75) is 76.7 Å². The molecule has 1 aliphatic heterocycles. The minimum Gasteiger partial charge on any atom is -0.381 e. The highest BCUT2D eigenvalue weighted by Gasteiger charge is 2.47. The molecule has 8 heteroatoms. The van der Waals surface area contributed by atoms with Gasteiger partial charge in [0.25, 0.3) is 0 Å². The molecule has 2 heterocycles. The zero-order valence-corrected chi connectivity index (χ0v) is 18.2. The molecule has 27 heavy (non-hydrogen) atoms. The first-order chi connectivity index (χ1) is 12.2. The summed E-state index contributed by atoms with van der Waals surface area (Å²) in [5, 5.41) is 6.11. The highest BCUT2D eigenvalue weighted by atomic mass is 32.2. The van der Waals surface area contributed by atoms with Crippen LogP contribution < -0.4 is 5.32 Å². The lowest BCUT2D eigenvalue weighted by Gasteiger charge is -2.36. The lowest BCUT2D eigenvalue weighted by atomic mass is 9.67. The Hall–Kier alpha value is -1.41. The molecule has 1 saturated heterocycles. The molecule has 2 rings (SSSR count). The molecule has 0 saturated carbocycles. The van der Waals surface area contributed by atoms with Crippen molar-refractivity contribution < 1.29 is 22.5 Å². The SMILES string of the molecule is CC(C)(C)C(C)(C)c1cc(NC(=O)C(C)(C)S(=O)(=O)C2CCOCC2)on1. The fourth-order valence-corrected chi connectivity index (χ4v) is 4.76. The number of hydrogen-bond donors (Lipinski definition) is 1. The van der Waals surface area contributed by atoms with E-state index in [9.17, 15) is 13.2 Å². The third-order valence-corrected chi connectivity index (χ3v) is 9.08. The van der Waals surface area contributed by atoms with Gasteiger partial charge in [-0.15, -0.1) is 0 Å². The monoisotopic (exact) mass is 400 g/mol. The summed E-state index contributed by atoms with van der Waals surface area (Å²) in [6.07, 6.45) is 0.816. The molecule has 1 N–H and O–H groups in total. The van der Waals surface area contributed by atoms with Gasteiger partial charge in [0.1, 0.15) is 4.75 Å². The fourth-order valence-electron chi connectivity index (χ4n) is 2.81. The predicted molar refractivity (Wildman–Crippen MR) is 104 cm³/mol. The van der Waals surface area contributed by atoms with Gasteiger partial charge in [0.05, 0.1) is 10.9 Å². The summed E-state index contributed by atoms with van der Waals surface area (Å²) in [5.74, 6) is -0.465. The quantitative estimate of drug-likeness (QED) is 0.814. The summed E-state index contributed by atoms with van der Waals surface area (Å²) in [4.78, 5) is 12.8. The van der Waals surface area contributed by atoms with E-state index in [1.807, 2.05) is 0 Å². The molecule has 0 radical (unpaired) electrons. The maximum atomic E-state index is 13.0. The van der Waals surface area contributed by atoms with Crippen molar-refractivity contribution in [1.82, 2.24) is 5.16 Å². The molecular weight excluding hydrogens is 368 g/mol. The molecule has 0 spiro atoms. The lowest BCUT2D eigenvalue weighted by Crippen LogP contribution is -2.50. The summed E-state index contributed by atoms with van der Waals surface area (Å²) in [6.45, 7) is 14.1. The maximum absolute atomic E-state index is 13.0. The molecule has 1 aromatic heterocycles. The summed E-state index contributed by atoms with van der Waals surface area (Å²) < 4.78 is 34.9. The predicted octanol–water partition coefficient (Wildman–Crippen LogP) is 3.31. The van der Waals surface area contributed by atoms with Crippen LogP contribution in [0.5, 0.6) is 0 Å². The molecule has 0 unspecified atom stereocenters. The average molecular weight is 401 g/mol. The number of hydrogen-bond acceptors (Lipinski definition) is 6. The van der Waals surface area contributed by atoms with E-state index >= 15 is 0 Å². The van der Waals surface area contributed by atoms with Crippen LogP contribution in [0.4, 0.5) is 5.88 Å². The van der Waals surface area contributed by atoms with Crippen molar-refractivity contribution >= 4 is 21.6 Å². The molecule has 7 nitrogen and oxygen atoms in total.